The first-order chi connectivity index (χ1) is 8.74. The Bertz CT molecular complexity index is 554. The predicted octanol–water partition coefficient (Wildman–Crippen LogP) is 1.17. The molecule has 0 saturated heterocycles. The van der Waals surface area contributed by atoms with E-state index in [1.54, 1.807) is 12.1 Å². The van der Waals surface area contributed by atoms with E-state index in [1.165, 1.54) is 12.1 Å². The topological polar surface area (TPSA) is 81.1 Å². The molecule has 0 aliphatic carbocycles. The number of aromatic nitrogens is 1. The van der Waals surface area contributed by atoms with Crippen LogP contribution in [0.1, 0.15) is 10.5 Å². The number of halogens is 1. The van der Waals surface area contributed by atoms with Crippen LogP contribution in [-0.4, -0.2) is 24.0 Å². The lowest BCUT2D eigenvalue weighted by Crippen LogP contribution is -2.29. The SMILES string of the molecule is NCCNC(=O)c1ncoc1-c1ccccc1F. The first kappa shape index (κ1) is 12.3. The summed E-state index contributed by atoms with van der Waals surface area (Å²) in [5.74, 6) is -0.794. The van der Waals surface area contributed by atoms with Crippen molar-refractivity contribution in [3.63, 3.8) is 0 Å². The molecule has 2 rings (SSSR count). The second-order valence-electron chi connectivity index (χ2n) is 3.55. The Balaban J connectivity index is 2.34. The highest BCUT2D eigenvalue weighted by atomic mass is 19.1. The molecule has 0 aliphatic heterocycles. The number of carbonyl (C=O) groups excluding carboxylic acids is 1. The highest BCUT2D eigenvalue weighted by Crippen LogP contribution is 2.25. The van der Waals surface area contributed by atoms with E-state index in [2.05, 4.69) is 10.3 Å². The number of rotatable bonds is 4. The molecule has 0 unspecified atom stereocenters. The van der Waals surface area contributed by atoms with Crippen molar-refractivity contribution < 1.29 is 13.6 Å². The predicted molar refractivity (Wildman–Crippen MR) is 63.3 cm³/mol. The van der Waals surface area contributed by atoms with Gasteiger partial charge in [-0.25, -0.2) is 9.37 Å². The van der Waals surface area contributed by atoms with E-state index in [-0.39, 0.29) is 17.0 Å². The fraction of sp³-hybridized carbons (Fsp3) is 0.167. The number of hydrogen-bond donors (Lipinski definition) is 2. The van der Waals surface area contributed by atoms with Gasteiger partial charge in [0.25, 0.3) is 5.91 Å². The van der Waals surface area contributed by atoms with E-state index in [9.17, 15) is 9.18 Å². The summed E-state index contributed by atoms with van der Waals surface area (Å²) >= 11 is 0. The Morgan fingerprint density at radius 2 is 2.22 bits per heavy atom. The highest BCUT2D eigenvalue weighted by molar-refractivity contribution is 5.97. The van der Waals surface area contributed by atoms with Crippen LogP contribution in [0.25, 0.3) is 11.3 Å². The summed E-state index contributed by atoms with van der Waals surface area (Å²) in [7, 11) is 0. The number of hydrogen-bond acceptors (Lipinski definition) is 4. The molecule has 5 nitrogen and oxygen atoms in total. The molecule has 0 aliphatic rings. The van der Waals surface area contributed by atoms with Crippen molar-refractivity contribution in [2.75, 3.05) is 13.1 Å². The summed E-state index contributed by atoms with van der Waals surface area (Å²) in [4.78, 5) is 15.6. The standard InChI is InChI=1S/C12H12FN3O2/c13-9-4-2-1-3-8(9)11-10(16-7-18-11)12(17)15-6-5-14/h1-4,7H,5-6,14H2,(H,15,17). The molecule has 0 fully saturated rings. The van der Waals surface area contributed by atoms with Crippen LogP contribution in [-0.2, 0) is 0 Å². The lowest BCUT2D eigenvalue weighted by Gasteiger charge is -2.03. The third kappa shape index (κ3) is 2.38. The van der Waals surface area contributed by atoms with Crippen molar-refractivity contribution in [1.82, 2.24) is 10.3 Å². The molecular formula is C12H12FN3O2. The number of amides is 1. The second-order valence-corrected chi connectivity index (χ2v) is 3.55. The Kier molecular flexibility index (Phi) is 3.69. The van der Waals surface area contributed by atoms with E-state index >= 15 is 0 Å². The zero-order valence-electron chi connectivity index (χ0n) is 9.52. The quantitative estimate of drug-likeness (QED) is 0.852. The molecule has 1 heterocycles. The highest BCUT2D eigenvalue weighted by Gasteiger charge is 2.19. The van der Waals surface area contributed by atoms with Gasteiger partial charge in [-0.15, -0.1) is 0 Å². The summed E-state index contributed by atoms with van der Waals surface area (Å²) < 4.78 is 18.7. The van der Waals surface area contributed by atoms with Crippen molar-refractivity contribution in [3.05, 3.63) is 42.2 Å². The molecule has 6 heteroatoms. The van der Waals surface area contributed by atoms with Gasteiger partial charge in [0, 0.05) is 13.1 Å². The lowest BCUT2D eigenvalue weighted by atomic mass is 10.1. The second kappa shape index (κ2) is 5.42. The maximum absolute atomic E-state index is 13.6. The van der Waals surface area contributed by atoms with Gasteiger partial charge in [-0.3, -0.25) is 4.79 Å². The number of nitrogens with two attached hydrogens (primary N) is 1. The molecule has 0 radical (unpaired) electrons. The third-order valence-corrected chi connectivity index (χ3v) is 2.33. The number of oxazole rings is 1. The molecule has 0 atom stereocenters. The molecule has 3 N–H and O–H groups in total. The van der Waals surface area contributed by atoms with Crippen molar-refractivity contribution >= 4 is 5.91 Å². The fourth-order valence-electron chi connectivity index (χ4n) is 1.51. The molecule has 18 heavy (non-hydrogen) atoms. The summed E-state index contributed by atoms with van der Waals surface area (Å²) in [6, 6.07) is 6.03. The normalized spacial score (nSPS) is 10.3. The van der Waals surface area contributed by atoms with Crippen molar-refractivity contribution in [1.29, 1.82) is 0 Å². The molecule has 0 bridgehead atoms. The van der Waals surface area contributed by atoms with Gasteiger partial charge in [-0.05, 0) is 12.1 Å². The Hall–Kier alpha value is -2.21. The van der Waals surface area contributed by atoms with Crippen LogP contribution in [0.3, 0.4) is 0 Å². The van der Waals surface area contributed by atoms with E-state index in [4.69, 9.17) is 10.2 Å². The van der Waals surface area contributed by atoms with Crippen LogP contribution in [0.5, 0.6) is 0 Å². The zero-order chi connectivity index (χ0) is 13.0. The Labute approximate surface area is 103 Å². The largest absolute Gasteiger partial charge is 0.443 e. The van der Waals surface area contributed by atoms with Crippen LogP contribution in [0, 0.1) is 5.82 Å². The van der Waals surface area contributed by atoms with Crippen LogP contribution >= 0.6 is 0 Å². The third-order valence-electron chi connectivity index (χ3n) is 2.33. The van der Waals surface area contributed by atoms with Gasteiger partial charge in [-0.1, -0.05) is 12.1 Å². The van der Waals surface area contributed by atoms with Gasteiger partial charge in [0.1, 0.15) is 5.82 Å². The van der Waals surface area contributed by atoms with Crippen LogP contribution in [0.4, 0.5) is 4.39 Å². The monoisotopic (exact) mass is 249 g/mol. The van der Waals surface area contributed by atoms with Crippen molar-refractivity contribution in [2.45, 2.75) is 0 Å². The van der Waals surface area contributed by atoms with Crippen LogP contribution < -0.4 is 11.1 Å². The molecular weight excluding hydrogens is 237 g/mol. The van der Waals surface area contributed by atoms with Gasteiger partial charge >= 0.3 is 0 Å². The Morgan fingerprint density at radius 1 is 1.44 bits per heavy atom. The minimum atomic E-state index is -0.470. The molecule has 1 aromatic carbocycles. The first-order valence-corrected chi connectivity index (χ1v) is 5.40. The average Bonchev–Trinajstić information content (AvgIpc) is 2.85. The van der Waals surface area contributed by atoms with Gasteiger partial charge in [0.05, 0.1) is 5.56 Å². The summed E-state index contributed by atoms with van der Waals surface area (Å²) in [6.07, 6.45) is 1.11. The lowest BCUT2D eigenvalue weighted by molar-refractivity contribution is 0.0950. The number of carbonyl (C=O) groups is 1. The van der Waals surface area contributed by atoms with Crippen LogP contribution in [0.15, 0.2) is 35.1 Å². The zero-order valence-corrected chi connectivity index (χ0v) is 9.52. The van der Waals surface area contributed by atoms with Gasteiger partial charge in [0.15, 0.2) is 17.8 Å². The van der Waals surface area contributed by atoms with Crippen molar-refractivity contribution in [3.8, 4) is 11.3 Å². The maximum atomic E-state index is 13.6. The summed E-state index contributed by atoms with van der Waals surface area (Å²) in [5.41, 5.74) is 5.54. The van der Waals surface area contributed by atoms with E-state index in [0.29, 0.717) is 13.1 Å². The molecule has 94 valence electrons. The summed E-state index contributed by atoms with van der Waals surface area (Å²) in [5, 5.41) is 2.56. The smallest absolute Gasteiger partial charge is 0.273 e. The minimum absolute atomic E-state index is 0.0496. The van der Waals surface area contributed by atoms with Crippen LogP contribution in [0.2, 0.25) is 0 Å². The molecule has 0 saturated carbocycles. The maximum Gasteiger partial charge on any atom is 0.273 e. The number of benzene rings is 1. The fourth-order valence-corrected chi connectivity index (χ4v) is 1.51. The van der Waals surface area contributed by atoms with E-state index < -0.39 is 11.7 Å². The van der Waals surface area contributed by atoms with E-state index in [0.717, 1.165) is 6.39 Å². The molecule has 2 aromatic rings. The minimum Gasteiger partial charge on any atom is -0.443 e. The van der Waals surface area contributed by atoms with Gasteiger partial charge < -0.3 is 15.5 Å². The van der Waals surface area contributed by atoms with E-state index in [1.807, 2.05) is 0 Å². The molecule has 1 amide bonds. The number of nitrogens with one attached hydrogen (secondary N) is 1. The summed E-state index contributed by atoms with van der Waals surface area (Å²) in [6.45, 7) is 0.640. The average molecular weight is 249 g/mol. The Morgan fingerprint density at radius 3 is 2.94 bits per heavy atom. The number of nitrogens with zero attached hydrogens (tertiary/aromatic N) is 1. The molecule has 1 aromatic heterocycles. The molecule has 0 spiro atoms. The van der Waals surface area contributed by atoms with Gasteiger partial charge in [-0.2, -0.15) is 0 Å². The first-order valence-electron chi connectivity index (χ1n) is 5.40. The van der Waals surface area contributed by atoms with Crippen molar-refractivity contribution in [2.24, 2.45) is 5.73 Å². The van der Waals surface area contributed by atoms with Gasteiger partial charge in [0.2, 0.25) is 0 Å².